The Morgan fingerprint density at radius 3 is 1.88 bits per heavy atom. The SMILES string of the molecule is Nc1nc(N)nc(NOC(CO)(CO)CO)n1. The summed E-state index contributed by atoms with van der Waals surface area (Å²) in [5.74, 6) is -0.341. The molecule has 17 heavy (non-hydrogen) atoms. The molecule has 1 rings (SSSR count). The van der Waals surface area contributed by atoms with Crippen molar-refractivity contribution >= 4 is 17.8 Å². The lowest BCUT2D eigenvalue weighted by molar-refractivity contribution is -0.114. The fourth-order valence-corrected chi connectivity index (χ4v) is 0.856. The average molecular weight is 246 g/mol. The van der Waals surface area contributed by atoms with Crippen molar-refractivity contribution in [3.63, 3.8) is 0 Å². The Balaban J connectivity index is 2.71. The smallest absolute Gasteiger partial charge is 0.253 e. The second-order valence-electron chi connectivity index (χ2n) is 3.24. The van der Waals surface area contributed by atoms with Crippen molar-refractivity contribution in [2.45, 2.75) is 5.60 Å². The van der Waals surface area contributed by atoms with Crippen LogP contribution in [0.2, 0.25) is 0 Å². The molecule has 0 fully saturated rings. The van der Waals surface area contributed by atoms with Crippen LogP contribution in [0.4, 0.5) is 17.8 Å². The number of nitrogens with one attached hydrogen (secondary N) is 1. The molecule has 0 bridgehead atoms. The van der Waals surface area contributed by atoms with E-state index in [2.05, 4.69) is 20.4 Å². The fourth-order valence-electron chi connectivity index (χ4n) is 0.856. The van der Waals surface area contributed by atoms with Gasteiger partial charge in [0.15, 0.2) is 5.60 Å². The van der Waals surface area contributed by atoms with Gasteiger partial charge in [-0.25, -0.2) is 5.48 Å². The molecule has 8 N–H and O–H groups in total. The normalized spacial score (nSPS) is 11.5. The zero-order chi connectivity index (χ0) is 12.9. The molecule has 0 saturated heterocycles. The van der Waals surface area contributed by atoms with Gasteiger partial charge in [-0.3, -0.25) is 4.84 Å². The number of rotatable bonds is 6. The molecule has 0 radical (unpaired) electrons. The summed E-state index contributed by atoms with van der Waals surface area (Å²) in [7, 11) is 0. The second-order valence-corrected chi connectivity index (χ2v) is 3.24. The van der Waals surface area contributed by atoms with Crippen molar-refractivity contribution < 1.29 is 20.2 Å². The fraction of sp³-hybridized carbons (Fsp3) is 0.571. The monoisotopic (exact) mass is 246 g/mol. The van der Waals surface area contributed by atoms with Crippen molar-refractivity contribution in [2.24, 2.45) is 0 Å². The lowest BCUT2D eigenvalue weighted by atomic mass is 10.1. The zero-order valence-corrected chi connectivity index (χ0v) is 8.87. The lowest BCUT2D eigenvalue weighted by Gasteiger charge is -2.26. The molecule has 0 spiro atoms. The zero-order valence-electron chi connectivity index (χ0n) is 8.87. The molecule has 0 unspecified atom stereocenters. The van der Waals surface area contributed by atoms with Gasteiger partial charge in [0.1, 0.15) is 0 Å². The van der Waals surface area contributed by atoms with Crippen molar-refractivity contribution in [2.75, 3.05) is 36.8 Å². The summed E-state index contributed by atoms with van der Waals surface area (Å²) in [6, 6.07) is 0. The molecular formula is C7H14N6O4. The number of nitrogen functional groups attached to an aromatic ring is 2. The van der Waals surface area contributed by atoms with Crippen LogP contribution in [-0.4, -0.2) is 55.7 Å². The van der Waals surface area contributed by atoms with E-state index in [1.165, 1.54) is 0 Å². The molecule has 96 valence electrons. The molecule has 10 nitrogen and oxygen atoms in total. The standard InChI is InChI=1S/C7H14N6O4/c8-4-10-5(9)12-6(11-4)13-17-7(1-14,2-15)3-16/h14-16H,1-3H2,(H5,8,9,10,11,12,13). The summed E-state index contributed by atoms with van der Waals surface area (Å²) in [5, 5.41) is 26.9. The minimum absolute atomic E-state index is 0.102. The predicted molar refractivity (Wildman–Crippen MR) is 57.3 cm³/mol. The molecule has 0 aliphatic rings. The molecule has 0 aromatic carbocycles. The molecule has 1 aromatic rings. The minimum Gasteiger partial charge on any atom is -0.393 e. The Labute approximate surface area is 96.2 Å². The Bertz CT molecular complexity index is 343. The highest BCUT2D eigenvalue weighted by Gasteiger charge is 2.30. The van der Waals surface area contributed by atoms with Crippen LogP contribution in [0, 0.1) is 0 Å². The van der Waals surface area contributed by atoms with E-state index in [9.17, 15) is 0 Å². The van der Waals surface area contributed by atoms with E-state index in [1.807, 2.05) is 0 Å². The number of aliphatic hydroxyl groups excluding tert-OH is 3. The molecule has 0 amide bonds. The third kappa shape index (κ3) is 3.35. The topological polar surface area (TPSA) is 173 Å². The van der Waals surface area contributed by atoms with Crippen molar-refractivity contribution in [1.29, 1.82) is 0 Å². The number of nitrogens with zero attached hydrogens (tertiary/aromatic N) is 3. The van der Waals surface area contributed by atoms with Gasteiger partial charge >= 0.3 is 0 Å². The van der Waals surface area contributed by atoms with Crippen LogP contribution in [-0.2, 0) is 4.84 Å². The Kier molecular flexibility index (Phi) is 4.34. The molecule has 0 saturated carbocycles. The van der Waals surface area contributed by atoms with E-state index in [4.69, 9.17) is 31.6 Å². The maximum Gasteiger partial charge on any atom is 0.253 e. The van der Waals surface area contributed by atoms with Crippen molar-refractivity contribution in [3.8, 4) is 0 Å². The predicted octanol–water partition coefficient (Wildman–Crippen LogP) is -2.90. The molecular weight excluding hydrogens is 232 g/mol. The minimum atomic E-state index is -1.56. The molecule has 0 aliphatic carbocycles. The van der Waals surface area contributed by atoms with Gasteiger partial charge in [0.2, 0.25) is 11.9 Å². The van der Waals surface area contributed by atoms with Crippen LogP contribution >= 0.6 is 0 Å². The molecule has 1 heterocycles. The van der Waals surface area contributed by atoms with Gasteiger partial charge in [0, 0.05) is 0 Å². The van der Waals surface area contributed by atoms with Crippen LogP contribution < -0.4 is 16.9 Å². The highest BCUT2D eigenvalue weighted by atomic mass is 16.7. The van der Waals surface area contributed by atoms with Gasteiger partial charge in [-0.1, -0.05) is 0 Å². The van der Waals surface area contributed by atoms with Crippen molar-refractivity contribution in [3.05, 3.63) is 0 Å². The maximum absolute atomic E-state index is 8.98. The second kappa shape index (κ2) is 5.54. The van der Waals surface area contributed by atoms with Crippen LogP contribution in [0.25, 0.3) is 0 Å². The van der Waals surface area contributed by atoms with E-state index >= 15 is 0 Å². The Morgan fingerprint density at radius 2 is 1.47 bits per heavy atom. The van der Waals surface area contributed by atoms with Gasteiger partial charge in [-0.15, -0.1) is 0 Å². The van der Waals surface area contributed by atoms with Gasteiger partial charge in [-0.05, 0) is 0 Å². The third-order valence-corrected chi connectivity index (χ3v) is 1.89. The first-order valence-electron chi connectivity index (χ1n) is 4.59. The maximum atomic E-state index is 8.98. The number of hydrogen-bond acceptors (Lipinski definition) is 10. The van der Waals surface area contributed by atoms with Crippen LogP contribution in [0.5, 0.6) is 0 Å². The van der Waals surface area contributed by atoms with E-state index in [1.54, 1.807) is 0 Å². The van der Waals surface area contributed by atoms with E-state index in [0.717, 1.165) is 0 Å². The van der Waals surface area contributed by atoms with Crippen LogP contribution in [0.15, 0.2) is 0 Å². The number of aliphatic hydroxyl groups is 3. The summed E-state index contributed by atoms with van der Waals surface area (Å²) in [5.41, 5.74) is 11.3. The first-order chi connectivity index (χ1) is 8.05. The molecule has 10 heteroatoms. The summed E-state index contributed by atoms with van der Waals surface area (Å²) < 4.78 is 0. The molecule has 1 aromatic heterocycles. The number of aromatic nitrogens is 3. The molecule has 0 aliphatic heterocycles. The van der Waals surface area contributed by atoms with Gasteiger partial charge in [0.25, 0.3) is 5.95 Å². The first-order valence-corrected chi connectivity index (χ1v) is 4.59. The quantitative estimate of drug-likeness (QED) is 0.286. The van der Waals surface area contributed by atoms with E-state index < -0.39 is 25.4 Å². The summed E-state index contributed by atoms with van der Waals surface area (Å²) >= 11 is 0. The summed E-state index contributed by atoms with van der Waals surface area (Å²) in [4.78, 5) is 15.7. The first kappa shape index (κ1) is 13.3. The van der Waals surface area contributed by atoms with E-state index in [-0.39, 0.29) is 17.8 Å². The van der Waals surface area contributed by atoms with Crippen molar-refractivity contribution in [1.82, 2.24) is 15.0 Å². The average Bonchev–Trinajstić information content (AvgIpc) is 2.30. The highest BCUT2D eigenvalue weighted by Crippen LogP contribution is 2.11. The Hall–Kier alpha value is -1.75. The number of anilines is 3. The summed E-state index contributed by atoms with van der Waals surface area (Å²) in [6.45, 7) is -1.82. The molecule has 0 atom stereocenters. The van der Waals surface area contributed by atoms with Gasteiger partial charge in [0.05, 0.1) is 19.8 Å². The number of nitrogens with two attached hydrogens (primary N) is 2. The summed E-state index contributed by atoms with van der Waals surface area (Å²) in [6.07, 6.45) is 0. The van der Waals surface area contributed by atoms with Gasteiger partial charge in [-0.2, -0.15) is 15.0 Å². The van der Waals surface area contributed by atoms with E-state index in [0.29, 0.717) is 0 Å². The Morgan fingerprint density at radius 1 is 1.00 bits per heavy atom. The lowest BCUT2D eigenvalue weighted by Crippen LogP contribution is -2.46. The van der Waals surface area contributed by atoms with Crippen LogP contribution in [0.1, 0.15) is 0 Å². The highest BCUT2D eigenvalue weighted by molar-refractivity contribution is 5.35. The van der Waals surface area contributed by atoms with Gasteiger partial charge < -0.3 is 26.8 Å². The third-order valence-electron chi connectivity index (χ3n) is 1.89. The number of hydrogen-bond donors (Lipinski definition) is 6. The largest absolute Gasteiger partial charge is 0.393 e. The van der Waals surface area contributed by atoms with Crippen LogP contribution in [0.3, 0.4) is 0 Å².